The summed E-state index contributed by atoms with van der Waals surface area (Å²) >= 11 is 6.32. The fraction of sp³-hybridized carbons (Fsp3) is 0.636. The number of carbonyl (C=O) groups excluding carboxylic acids is 2. The third-order valence-corrected chi connectivity index (χ3v) is 9.98. The fourth-order valence-corrected chi connectivity index (χ4v) is 8.15. The zero-order valence-electron chi connectivity index (χ0n) is 18.6. The molecule has 3 saturated heterocycles. The van der Waals surface area contributed by atoms with E-state index in [1.165, 1.54) is 0 Å². The lowest BCUT2D eigenvalue weighted by atomic mass is 9.99. The van der Waals surface area contributed by atoms with Gasteiger partial charge in [0.2, 0.25) is 5.91 Å². The van der Waals surface area contributed by atoms with Crippen LogP contribution in [0.5, 0.6) is 0 Å². The van der Waals surface area contributed by atoms with Gasteiger partial charge in [0, 0.05) is 42.9 Å². The lowest BCUT2D eigenvalue weighted by molar-refractivity contribution is -0.115. The molecule has 2 amide bonds. The molecule has 0 spiro atoms. The van der Waals surface area contributed by atoms with Crippen molar-refractivity contribution >= 4 is 39.3 Å². The summed E-state index contributed by atoms with van der Waals surface area (Å²) < 4.78 is 30.2. The standard InChI is InChI=1S/C22H30ClN5O4S/c1-24-14-4-6-27(7-5-14)33(31,32)28-16-2-3-17(28)11-15(10-16)25-22(30)18-8-13-9-21(29)26-20(13)12-19(18)23/h8,12,14-17,24H,2-7,9-11H2,1H3,(H,25,30)(H,26,29)/t15?,16-,17+. The zero-order chi connectivity index (χ0) is 23.3. The highest BCUT2D eigenvalue weighted by molar-refractivity contribution is 7.86. The molecule has 3 atom stereocenters. The number of anilines is 1. The van der Waals surface area contributed by atoms with E-state index < -0.39 is 10.2 Å². The second-order valence-corrected chi connectivity index (χ2v) is 11.8. The lowest BCUT2D eigenvalue weighted by Crippen LogP contribution is -2.57. The number of hydrogen-bond acceptors (Lipinski definition) is 5. The van der Waals surface area contributed by atoms with Gasteiger partial charge in [-0.2, -0.15) is 17.0 Å². The first-order valence-corrected chi connectivity index (χ1v) is 13.4. The molecule has 2 bridgehead atoms. The summed E-state index contributed by atoms with van der Waals surface area (Å²) in [5, 5.41) is 9.34. The number of amides is 2. The molecule has 1 aromatic rings. The summed E-state index contributed by atoms with van der Waals surface area (Å²) in [5.74, 6) is -0.393. The Kier molecular flexibility index (Phi) is 6.15. The van der Waals surface area contributed by atoms with Gasteiger partial charge >= 0.3 is 0 Å². The van der Waals surface area contributed by atoms with Crippen molar-refractivity contribution in [3.05, 3.63) is 28.3 Å². The van der Waals surface area contributed by atoms with Crippen LogP contribution in [-0.2, 0) is 21.4 Å². The minimum absolute atomic E-state index is 0.0987. The monoisotopic (exact) mass is 495 g/mol. The van der Waals surface area contributed by atoms with Crippen molar-refractivity contribution in [2.24, 2.45) is 0 Å². The van der Waals surface area contributed by atoms with Gasteiger partial charge in [0.05, 0.1) is 17.0 Å². The molecule has 3 N–H and O–H groups in total. The molecule has 9 nitrogen and oxygen atoms in total. The van der Waals surface area contributed by atoms with Gasteiger partial charge in [-0.15, -0.1) is 0 Å². The Bertz CT molecular complexity index is 1060. The molecule has 1 aromatic carbocycles. The van der Waals surface area contributed by atoms with E-state index in [0.717, 1.165) is 31.2 Å². The molecule has 180 valence electrons. The van der Waals surface area contributed by atoms with E-state index in [-0.39, 0.29) is 36.4 Å². The van der Waals surface area contributed by atoms with Crippen LogP contribution < -0.4 is 16.0 Å². The Morgan fingerprint density at radius 2 is 1.76 bits per heavy atom. The number of benzene rings is 1. The van der Waals surface area contributed by atoms with Crippen LogP contribution in [0.3, 0.4) is 0 Å². The van der Waals surface area contributed by atoms with Crippen LogP contribution in [0.15, 0.2) is 12.1 Å². The van der Waals surface area contributed by atoms with Crippen molar-refractivity contribution in [2.75, 3.05) is 25.5 Å². The number of nitrogens with one attached hydrogen (secondary N) is 3. The Balaban J connectivity index is 1.25. The molecule has 5 rings (SSSR count). The molecule has 1 unspecified atom stereocenters. The Morgan fingerprint density at radius 1 is 1.09 bits per heavy atom. The molecule has 0 saturated carbocycles. The van der Waals surface area contributed by atoms with Crippen LogP contribution in [-0.4, -0.2) is 73.1 Å². The summed E-state index contributed by atoms with van der Waals surface area (Å²) in [6.07, 6.45) is 4.70. The number of hydrogen-bond donors (Lipinski definition) is 3. The van der Waals surface area contributed by atoms with Crippen molar-refractivity contribution in [3.8, 4) is 0 Å². The molecular weight excluding hydrogens is 466 g/mol. The Morgan fingerprint density at radius 3 is 2.39 bits per heavy atom. The largest absolute Gasteiger partial charge is 0.349 e. The van der Waals surface area contributed by atoms with E-state index in [2.05, 4.69) is 16.0 Å². The number of nitrogens with zero attached hydrogens (tertiary/aromatic N) is 2. The van der Waals surface area contributed by atoms with E-state index in [1.54, 1.807) is 20.7 Å². The van der Waals surface area contributed by atoms with Gasteiger partial charge in [-0.05, 0) is 63.3 Å². The van der Waals surface area contributed by atoms with Crippen molar-refractivity contribution in [2.45, 2.75) is 69.1 Å². The Labute approximate surface area is 199 Å². The molecule has 0 aliphatic carbocycles. The average Bonchev–Trinajstić information content (AvgIpc) is 3.29. The third-order valence-electron chi connectivity index (χ3n) is 7.52. The van der Waals surface area contributed by atoms with Crippen LogP contribution >= 0.6 is 11.6 Å². The molecule has 4 aliphatic heterocycles. The second-order valence-electron chi connectivity index (χ2n) is 9.54. The van der Waals surface area contributed by atoms with E-state index in [0.29, 0.717) is 48.2 Å². The molecule has 0 aromatic heterocycles. The third kappa shape index (κ3) is 4.27. The van der Waals surface area contributed by atoms with Gasteiger partial charge in [0.25, 0.3) is 16.1 Å². The topological polar surface area (TPSA) is 111 Å². The number of halogens is 1. The number of carbonyl (C=O) groups is 2. The first-order valence-electron chi connectivity index (χ1n) is 11.6. The summed E-state index contributed by atoms with van der Waals surface area (Å²) in [4.78, 5) is 24.6. The fourth-order valence-electron chi connectivity index (χ4n) is 5.82. The minimum atomic E-state index is -3.51. The summed E-state index contributed by atoms with van der Waals surface area (Å²) in [6.45, 7) is 1.08. The van der Waals surface area contributed by atoms with Gasteiger partial charge in [-0.25, -0.2) is 0 Å². The predicted molar refractivity (Wildman–Crippen MR) is 125 cm³/mol. The summed E-state index contributed by atoms with van der Waals surface area (Å²) in [7, 11) is -1.59. The average molecular weight is 496 g/mol. The van der Waals surface area contributed by atoms with Crippen LogP contribution in [0, 0.1) is 0 Å². The molecule has 0 radical (unpaired) electrons. The van der Waals surface area contributed by atoms with E-state index >= 15 is 0 Å². The first-order chi connectivity index (χ1) is 15.8. The highest BCUT2D eigenvalue weighted by Gasteiger charge is 2.49. The predicted octanol–water partition coefficient (Wildman–Crippen LogP) is 1.49. The first kappa shape index (κ1) is 23.0. The minimum Gasteiger partial charge on any atom is -0.349 e. The SMILES string of the molecule is CNC1CCN(S(=O)(=O)N2[C@@H]3CC[C@H]2CC(NC(=O)c2cc4c(cc2Cl)NC(=O)C4)C3)CC1. The van der Waals surface area contributed by atoms with Crippen molar-refractivity contribution < 1.29 is 18.0 Å². The number of piperidine rings is 2. The quantitative estimate of drug-likeness (QED) is 0.573. The van der Waals surface area contributed by atoms with Crippen molar-refractivity contribution in [3.63, 3.8) is 0 Å². The van der Waals surface area contributed by atoms with Gasteiger partial charge in [-0.3, -0.25) is 9.59 Å². The van der Waals surface area contributed by atoms with Gasteiger partial charge < -0.3 is 16.0 Å². The van der Waals surface area contributed by atoms with Crippen molar-refractivity contribution in [1.29, 1.82) is 0 Å². The molecule has 33 heavy (non-hydrogen) atoms. The highest BCUT2D eigenvalue weighted by Crippen LogP contribution is 2.39. The van der Waals surface area contributed by atoms with Gasteiger partial charge in [0.15, 0.2) is 0 Å². The normalized spacial score (nSPS) is 28.5. The number of fused-ring (bicyclic) bond motifs is 3. The van der Waals surface area contributed by atoms with Crippen LogP contribution in [0.25, 0.3) is 0 Å². The van der Waals surface area contributed by atoms with E-state index in [1.807, 2.05) is 7.05 Å². The molecular formula is C22H30ClN5O4S. The van der Waals surface area contributed by atoms with E-state index in [9.17, 15) is 18.0 Å². The highest BCUT2D eigenvalue weighted by atomic mass is 35.5. The second kappa shape index (κ2) is 8.81. The van der Waals surface area contributed by atoms with E-state index in [4.69, 9.17) is 11.6 Å². The van der Waals surface area contributed by atoms with Crippen LogP contribution in [0.2, 0.25) is 5.02 Å². The maximum absolute atomic E-state index is 13.4. The van der Waals surface area contributed by atoms with Crippen LogP contribution in [0.4, 0.5) is 5.69 Å². The zero-order valence-corrected chi connectivity index (χ0v) is 20.2. The van der Waals surface area contributed by atoms with Gasteiger partial charge in [0.1, 0.15) is 0 Å². The smallest absolute Gasteiger partial charge is 0.282 e. The summed E-state index contributed by atoms with van der Waals surface area (Å²) in [5.41, 5.74) is 1.76. The number of rotatable bonds is 5. The van der Waals surface area contributed by atoms with Gasteiger partial charge in [-0.1, -0.05) is 11.6 Å². The van der Waals surface area contributed by atoms with Crippen molar-refractivity contribution in [1.82, 2.24) is 19.2 Å². The molecule has 3 fully saturated rings. The maximum atomic E-state index is 13.4. The summed E-state index contributed by atoms with van der Waals surface area (Å²) in [6, 6.07) is 3.35. The molecule has 4 aliphatic rings. The molecule has 11 heteroatoms. The molecule has 4 heterocycles. The lowest BCUT2D eigenvalue weighted by Gasteiger charge is -2.42. The Hall–Kier alpha value is -1.72. The maximum Gasteiger partial charge on any atom is 0.282 e. The van der Waals surface area contributed by atoms with Crippen LogP contribution in [0.1, 0.15) is 54.4 Å².